The van der Waals surface area contributed by atoms with Crippen molar-refractivity contribution in [3.63, 3.8) is 0 Å². The Morgan fingerprint density at radius 2 is 0.919 bits per heavy atom. The van der Waals surface area contributed by atoms with Gasteiger partial charge < -0.3 is 53.8 Å². The van der Waals surface area contributed by atoms with E-state index >= 15 is 0 Å². The lowest BCUT2D eigenvalue weighted by molar-refractivity contribution is -0.137. The van der Waals surface area contributed by atoms with E-state index in [9.17, 15) is 33.6 Å². The van der Waals surface area contributed by atoms with Crippen molar-refractivity contribution >= 4 is 47.0 Å². The molecule has 4 N–H and O–H groups in total. The largest absolute Gasteiger partial charge is 0.379 e. The van der Waals surface area contributed by atoms with E-state index < -0.39 is 41.6 Å². The third-order valence-corrected chi connectivity index (χ3v) is 8.53. The fraction of sp³-hybridized carbons (Fsp3) is 0.619. The summed E-state index contributed by atoms with van der Waals surface area (Å²) in [6.45, 7) is 14.3. The number of nitrogens with one attached hydrogen (secondary N) is 4. The number of imide groups is 2. The minimum absolute atomic E-state index is 0.0222. The second kappa shape index (κ2) is 33.0. The van der Waals surface area contributed by atoms with Gasteiger partial charge in [0.2, 0.25) is 29.5 Å². The predicted octanol–water partition coefficient (Wildman–Crippen LogP) is 0.324. The number of carbonyl (C=O) groups is 7. The Kier molecular flexibility index (Phi) is 28.4. The highest BCUT2D eigenvalue weighted by Crippen LogP contribution is 2.10. The van der Waals surface area contributed by atoms with Crippen LogP contribution in [0.15, 0.2) is 36.4 Å². The normalized spacial score (nSPS) is 13.3. The van der Waals surface area contributed by atoms with E-state index in [2.05, 4.69) is 28.2 Å². The van der Waals surface area contributed by atoms with Gasteiger partial charge in [-0.3, -0.25) is 43.8 Å². The van der Waals surface area contributed by atoms with Crippen LogP contribution in [0.5, 0.6) is 0 Å². The van der Waals surface area contributed by atoms with Gasteiger partial charge in [-0.1, -0.05) is 26.0 Å². The molecule has 1 radical (unpaired) electrons. The van der Waals surface area contributed by atoms with Gasteiger partial charge in [0.15, 0.2) is 0 Å². The highest BCUT2D eigenvalue weighted by molar-refractivity contribution is 6.13. The van der Waals surface area contributed by atoms with E-state index in [1.165, 1.54) is 0 Å². The molecule has 1 aromatic rings. The topological polar surface area (TPSA) is 245 Å². The molecule has 20 nitrogen and oxygen atoms in total. The molecule has 7 amide bonds. The summed E-state index contributed by atoms with van der Waals surface area (Å²) >= 11 is 0. The summed E-state index contributed by atoms with van der Waals surface area (Å²) < 4.78 is 43.5. The van der Waals surface area contributed by atoms with Crippen LogP contribution in [0.4, 0.5) is 5.69 Å². The van der Waals surface area contributed by atoms with Gasteiger partial charge in [-0.05, 0) is 37.5 Å². The maximum absolute atomic E-state index is 12.9. The second-order valence-electron chi connectivity index (χ2n) is 14.0. The van der Waals surface area contributed by atoms with Crippen LogP contribution in [-0.2, 0) is 71.5 Å². The van der Waals surface area contributed by atoms with Gasteiger partial charge in [0.05, 0.1) is 112 Å². The van der Waals surface area contributed by atoms with Gasteiger partial charge in [-0.15, -0.1) is 0 Å². The van der Waals surface area contributed by atoms with E-state index in [1.54, 1.807) is 45.0 Å². The highest BCUT2D eigenvalue weighted by Gasteiger charge is 2.27. The van der Waals surface area contributed by atoms with E-state index in [4.69, 9.17) is 37.9 Å². The van der Waals surface area contributed by atoms with Crippen LogP contribution in [0.1, 0.15) is 45.6 Å². The van der Waals surface area contributed by atoms with Crippen LogP contribution in [0.3, 0.4) is 0 Å². The lowest BCUT2D eigenvalue weighted by atomic mass is 10.0. The quantitative estimate of drug-likeness (QED) is 0.0524. The molecule has 0 fully saturated rings. The Bertz CT molecular complexity index is 1520. The summed E-state index contributed by atoms with van der Waals surface area (Å²) in [5.74, 6) is -3.45. The molecule has 0 bridgehead atoms. The summed E-state index contributed by atoms with van der Waals surface area (Å²) in [6, 6.07) is 5.35. The maximum atomic E-state index is 12.9. The molecule has 62 heavy (non-hydrogen) atoms. The number of anilines is 1. The number of hydrogen-bond donors (Lipinski definition) is 4. The summed E-state index contributed by atoms with van der Waals surface area (Å²) in [5, 5.41) is 10.3. The molecule has 1 heterocycles. The van der Waals surface area contributed by atoms with Crippen LogP contribution in [0.2, 0.25) is 0 Å². The van der Waals surface area contributed by atoms with Gasteiger partial charge in [0, 0.05) is 37.2 Å². The first-order chi connectivity index (χ1) is 29.9. The third kappa shape index (κ3) is 25.3. The molecule has 0 saturated carbocycles. The molecule has 1 aliphatic rings. The highest BCUT2D eigenvalue weighted by atomic mass is 16.6. The zero-order valence-corrected chi connectivity index (χ0v) is 36.1. The number of rotatable bonds is 36. The monoisotopic (exact) mass is 878 g/mol. The standard InChI is InChI=1S/C42H64N5O15/c1-31(2)40(42(54)43-33(4)41(53)44-34-7-5-32(3)6-8-34)46-37(50)13-16-56-18-20-58-22-24-60-26-28-62-30-29-61-27-25-59-23-21-57-19-17-55-15-12-36(49)45-35(48)11-14-47-38(51)9-10-39(47)52/h5-10,31,33,40H,3,11-30H2,1-2,4H3,(H,43,54)(H,44,53)(H,46,50)(H,45,48,49)/t33-,40-/m1/s1. The summed E-state index contributed by atoms with van der Waals surface area (Å²) in [7, 11) is 0. The number of ether oxygens (including phenoxy) is 8. The van der Waals surface area contributed by atoms with Crippen molar-refractivity contribution < 1.29 is 71.5 Å². The first-order valence-electron chi connectivity index (χ1n) is 20.7. The van der Waals surface area contributed by atoms with Gasteiger partial charge in [0.1, 0.15) is 12.1 Å². The molecule has 0 spiro atoms. The number of hydrogen-bond acceptors (Lipinski definition) is 15. The molecule has 2 atom stereocenters. The van der Waals surface area contributed by atoms with E-state index in [0.29, 0.717) is 91.6 Å². The van der Waals surface area contributed by atoms with Crippen molar-refractivity contribution in [2.75, 3.05) is 118 Å². The lowest BCUT2D eigenvalue weighted by Crippen LogP contribution is -2.53. The van der Waals surface area contributed by atoms with Crippen LogP contribution < -0.4 is 21.3 Å². The molecule has 1 aromatic carbocycles. The number of carbonyl (C=O) groups excluding carboxylic acids is 7. The van der Waals surface area contributed by atoms with Crippen LogP contribution in [-0.4, -0.2) is 171 Å². The fourth-order valence-corrected chi connectivity index (χ4v) is 5.10. The Balaban J connectivity index is 1.29. The molecule has 20 heteroatoms. The summed E-state index contributed by atoms with van der Waals surface area (Å²) in [5.41, 5.74) is 1.40. The average Bonchev–Trinajstić information content (AvgIpc) is 3.56. The molecular formula is C42H64N5O15. The van der Waals surface area contributed by atoms with Crippen molar-refractivity contribution in [3.8, 4) is 0 Å². The Labute approximate surface area is 363 Å². The van der Waals surface area contributed by atoms with Crippen molar-refractivity contribution in [1.29, 1.82) is 0 Å². The average molecular weight is 879 g/mol. The predicted molar refractivity (Wildman–Crippen MR) is 223 cm³/mol. The first kappa shape index (κ1) is 53.5. The van der Waals surface area contributed by atoms with Crippen LogP contribution in [0.25, 0.3) is 0 Å². The van der Waals surface area contributed by atoms with Crippen molar-refractivity contribution in [1.82, 2.24) is 20.9 Å². The molecule has 0 unspecified atom stereocenters. The Morgan fingerprint density at radius 3 is 1.34 bits per heavy atom. The minimum atomic E-state index is -0.818. The first-order valence-corrected chi connectivity index (χ1v) is 20.7. The molecule has 347 valence electrons. The molecule has 0 aromatic heterocycles. The smallest absolute Gasteiger partial charge is 0.253 e. The van der Waals surface area contributed by atoms with Crippen LogP contribution >= 0.6 is 0 Å². The van der Waals surface area contributed by atoms with Crippen molar-refractivity contribution in [2.45, 2.75) is 52.1 Å². The molecule has 0 saturated heterocycles. The van der Waals surface area contributed by atoms with Gasteiger partial charge >= 0.3 is 0 Å². The van der Waals surface area contributed by atoms with Crippen molar-refractivity contribution in [2.24, 2.45) is 5.92 Å². The lowest BCUT2D eigenvalue weighted by Gasteiger charge is -2.24. The molecule has 0 aliphatic carbocycles. The van der Waals surface area contributed by atoms with Crippen LogP contribution in [0, 0.1) is 12.8 Å². The van der Waals surface area contributed by atoms with Gasteiger partial charge in [0.25, 0.3) is 11.8 Å². The van der Waals surface area contributed by atoms with Crippen molar-refractivity contribution in [3.05, 3.63) is 48.9 Å². The summed E-state index contributed by atoms with van der Waals surface area (Å²) in [4.78, 5) is 85.4. The molecular weight excluding hydrogens is 814 g/mol. The molecule has 2 rings (SSSR count). The molecule has 1 aliphatic heterocycles. The second-order valence-corrected chi connectivity index (χ2v) is 14.0. The maximum Gasteiger partial charge on any atom is 0.253 e. The zero-order chi connectivity index (χ0) is 45.4. The van der Waals surface area contributed by atoms with E-state index in [-0.39, 0.29) is 63.4 Å². The summed E-state index contributed by atoms with van der Waals surface area (Å²) in [6.07, 6.45) is 2.13. The van der Waals surface area contributed by atoms with E-state index in [1.807, 2.05) is 0 Å². The third-order valence-electron chi connectivity index (χ3n) is 8.53. The number of benzene rings is 1. The number of nitrogens with zero attached hydrogens (tertiary/aromatic N) is 1. The van der Waals surface area contributed by atoms with Gasteiger partial charge in [-0.2, -0.15) is 0 Å². The minimum Gasteiger partial charge on any atom is -0.379 e. The van der Waals surface area contributed by atoms with E-state index in [0.717, 1.165) is 22.6 Å². The Morgan fingerprint density at radius 1 is 0.532 bits per heavy atom. The Hall–Kier alpha value is -4.67. The zero-order valence-electron chi connectivity index (χ0n) is 36.1. The number of amides is 7. The fourth-order valence-electron chi connectivity index (χ4n) is 5.10. The SMILES string of the molecule is [CH2]c1ccc(NC(=O)[C@@H](C)NC(=O)[C@H](NC(=O)CCOCCOCCOCCOCCOCCOCCOCCOCCC(=O)NC(=O)CCN2C(=O)C=CC2=O)C(C)C)cc1. The van der Waals surface area contributed by atoms with Gasteiger partial charge in [-0.25, -0.2) is 0 Å².